The molecule has 0 saturated carbocycles. The van der Waals surface area contributed by atoms with Crippen LogP contribution in [-0.2, 0) is 14.9 Å². The van der Waals surface area contributed by atoms with Crippen LogP contribution >= 0.6 is 11.6 Å². The number of halogens is 5. The van der Waals surface area contributed by atoms with Crippen molar-refractivity contribution in [2.75, 3.05) is 18.0 Å². The summed E-state index contributed by atoms with van der Waals surface area (Å²) < 4.78 is 73.4. The summed E-state index contributed by atoms with van der Waals surface area (Å²) in [5.41, 5.74) is -5.72. The van der Waals surface area contributed by atoms with Crippen molar-refractivity contribution in [3.05, 3.63) is 28.8 Å². The summed E-state index contributed by atoms with van der Waals surface area (Å²) in [4.78, 5) is 4.65. The fourth-order valence-corrected chi connectivity index (χ4v) is 2.26. The molecule has 0 aliphatic carbocycles. The molecule has 0 amide bonds. The number of hydrogen-bond donors (Lipinski definition) is 1. The van der Waals surface area contributed by atoms with Gasteiger partial charge in [0.25, 0.3) is 0 Å². The summed E-state index contributed by atoms with van der Waals surface area (Å²) in [5, 5.41) is 3.75. The standard InChI is InChI=1S/C12H13ClF4N2O3S/c1-2-10(18-22-6-5-14)9-7-8(13)3-4-11(9)19-23(20,21)12(15,16)17/h3-4,7,19H,2,5-6H2,1H3/b18-10+. The van der Waals surface area contributed by atoms with Crippen molar-refractivity contribution >= 4 is 33.0 Å². The lowest BCUT2D eigenvalue weighted by molar-refractivity contribution is -0.0429. The third-order valence-corrected chi connectivity index (χ3v) is 3.85. The number of oxime groups is 1. The lowest BCUT2D eigenvalue weighted by Crippen LogP contribution is -2.30. The van der Waals surface area contributed by atoms with Crippen LogP contribution in [0, 0.1) is 0 Å². The van der Waals surface area contributed by atoms with Gasteiger partial charge in [-0.05, 0) is 24.6 Å². The van der Waals surface area contributed by atoms with Crippen molar-refractivity contribution in [3.63, 3.8) is 0 Å². The third-order valence-electron chi connectivity index (χ3n) is 2.52. The second-order valence-electron chi connectivity index (χ2n) is 4.15. The molecule has 0 bridgehead atoms. The molecule has 130 valence electrons. The van der Waals surface area contributed by atoms with Gasteiger partial charge in [-0.3, -0.25) is 4.72 Å². The van der Waals surface area contributed by atoms with Gasteiger partial charge in [-0.15, -0.1) is 0 Å². The quantitative estimate of drug-likeness (QED) is 0.341. The Hall–Kier alpha value is -1.55. The first-order chi connectivity index (χ1) is 10.6. The topological polar surface area (TPSA) is 67.8 Å². The van der Waals surface area contributed by atoms with Crippen LogP contribution in [0.5, 0.6) is 0 Å². The largest absolute Gasteiger partial charge is 0.516 e. The van der Waals surface area contributed by atoms with Crippen LogP contribution in [0.4, 0.5) is 23.2 Å². The number of nitrogens with one attached hydrogen (secondary N) is 1. The zero-order valence-electron chi connectivity index (χ0n) is 11.8. The van der Waals surface area contributed by atoms with Crippen molar-refractivity contribution in [1.82, 2.24) is 0 Å². The van der Waals surface area contributed by atoms with Gasteiger partial charge in [0.1, 0.15) is 13.3 Å². The molecule has 0 saturated heterocycles. The van der Waals surface area contributed by atoms with Gasteiger partial charge in [0.15, 0.2) is 0 Å². The maximum Gasteiger partial charge on any atom is 0.516 e. The smallest absolute Gasteiger partial charge is 0.393 e. The van der Waals surface area contributed by atoms with Crippen LogP contribution in [0.25, 0.3) is 0 Å². The molecule has 1 aromatic carbocycles. The molecular weight excluding hydrogens is 364 g/mol. The SMILES string of the molecule is CC/C(=N\OCCF)c1cc(Cl)ccc1NS(=O)(=O)C(F)(F)F. The highest BCUT2D eigenvalue weighted by Crippen LogP contribution is 2.29. The van der Waals surface area contributed by atoms with Crippen LogP contribution in [0.3, 0.4) is 0 Å². The molecule has 1 aromatic rings. The lowest BCUT2D eigenvalue weighted by atomic mass is 10.1. The van der Waals surface area contributed by atoms with E-state index in [1.54, 1.807) is 6.92 Å². The fraction of sp³-hybridized carbons (Fsp3) is 0.417. The monoisotopic (exact) mass is 376 g/mol. The van der Waals surface area contributed by atoms with Gasteiger partial charge in [0.05, 0.1) is 11.4 Å². The lowest BCUT2D eigenvalue weighted by Gasteiger charge is -2.15. The minimum Gasteiger partial charge on any atom is -0.393 e. The van der Waals surface area contributed by atoms with Crippen molar-refractivity contribution < 1.29 is 30.8 Å². The number of sulfonamides is 1. The first kappa shape index (κ1) is 19.5. The Morgan fingerprint density at radius 1 is 1.39 bits per heavy atom. The highest BCUT2D eigenvalue weighted by Gasteiger charge is 2.46. The first-order valence-corrected chi connectivity index (χ1v) is 8.12. The van der Waals surface area contributed by atoms with E-state index in [9.17, 15) is 26.0 Å². The highest BCUT2D eigenvalue weighted by molar-refractivity contribution is 7.93. The van der Waals surface area contributed by atoms with Gasteiger partial charge in [-0.2, -0.15) is 21.6 Å². The van der Waals surface area contributed by atoms with Crippen LogP contribution in [-0.4, -0.2) is 32.9 Å². The fourth-order valence-electron chi connectivity index (χ4n) is 1.51. The minimum atomic E-state index is -5.60. The Bertz CT molecular complexity index is 677. The summed E-state index contributed by atoms with van der Waals surface area (Å²) in [6, 6.07) is 3.52. The number of benzene rings is 1. The van der Waals surface area contributed by atoms with Crippen LogP contribution in [0.1, 0.15) is 18.9 Å². The predicted octanol–water partition coefficient (Wildman–Crippen LogP) is 3.70. The number of alkyl halides is 4. The van der Waals surface area contributed by atoms with Crippen LogP contribution in [0.15, 0.2) is 23.4 Å². The van der Waals surface area contributed by atoms with Gasteiger partial charge in [0.2, 0.25) is 0 Å². The second-order valence-corrected chi connectivity index (χ2v) is 6.27. The molecule has 0 aliphatic heterocycles. The predicted molar refractivity (Wildman–Crippen MR) is 78.8 cm³/mol. The van der Waals surface area contributed by atoms with Gasteiger partial charge < -0.3 is 4.84 Å². The average molecular weight is 377 g/mol. The molecule has 1 N–H and O–H groups in total. The van der Waals surface area contributed by atoms with E-state index in [1.807, 2.05) is 0 Å². The summed E-state index contributed by atoms with van der Waals surface area (Å²) in [7, 11) is -5.60. The highest BCUT2D eigenvalue weighted by atomic mass is 35.5. The van der Waals surface area contributed by atoms with Crippen LogP contribution in [0.2, 0.25) is 5.02 Å². The zero-order valence-corrected chi connectivity index (χ0v) is 13.4. The third kappa shape index (κ3) is 5.24. The molecule has 0 unspecified atom stereocenters. The Morgan fingerprint density at radius 3 is 2.57 bits per heavy atom. The van der Waals surface area contributed by atoms with E-state index >= 15 is 0 Å². The summed E-state index contributed by atoms with van der Waals surface area (Å²) in [6.45, 7) is 0.470. The molecule has 0 aliphatic rings. The first-order valence-electron chi connectivity index (χ1n) is 6.26. The molecular formula is C12H13ClF4N2O3S. The van der Waals surface area contributed by atoms with Gasteiger partial charge in [-0.25, -0.2) is 4.39 Å². The Balaban J connectivity index is 3.27. The van der Waals surface area contributed by atoms with E-state index in [4.69, 9.17) is 11.6 Å². The van der Waals surface area contributed by atoms with Crippen molar-refractivity contribution in [1.29, 1.82) is 0 Å². The molecule has 1 rings (SSSR count). The molecule has 0 heterocycles. The normalized spacial score (nSPS) is 13.0. The summed E-state index contributed by atoms with van der Waals surface area (Å²) in [5.74, 6) is 0. The maximum absolute atomic E-state index is 12.5. The van der Waals surface area contributed by atoms with E-state index in [-0.39, 0.29) is 35.0 Å². The molecule has 0 fully saturated rings. The molecule has 5 nitrogen and oxygen atoms in total. The van der Waals surface area contributed by atoms with Gasteiger partial charge in [0, 0.05) is 10.6 Å². The molecule has 0 spiro atoms. The van der Waals surface area contributed by atoms with E-state index in [1.165, 1.54) is 16.9 Å². The molecule has 0 aromatic heterocycles. The minimum absolute atomic E-state index is 0.00619. The Morgan fingerprint density at radius 2 is 2.04 bits per heavy atom. The zero-order chi connectivity index (χ0) is 17.7. The number of anilines is 1. The van der Waals surface area contributed by atoms with Gasteiger partial charge in [-0.1, -0.05) is 23.7 Å². The number of rotatable bonds is 7. The Kier molecular flexibility index (Phi) is 6.63. The van der Waals surface area contributed by atoms with E-state index < -0.39 is 22.2 Å². The Labute approximate surface area is 135 Å². The maximum atomic E-state index is 12.5. The summed E-state index contributed by atoms with van der Waals surface area (Å²) >= 11 is 5.79. The second kappa shape index (κ2) is 7.82. The molecule has 23 heavy (non-hydrogen) atoms. The average Bonchev–Trinajstić information content (AvgIpc) is 2.44. The van der Waals surface area contributed by atoms with Crippen LogP contribution < -0.4 is 4.72 Å². The van der Waals surface area contributed by atoms with E-state index in [2.05, 4.69) is 9.99 Å². The summed E-state index contributed by atoms with van der Waals surface area (Å²) in [6.07, 6.45) is 0.188. The van der Waals surface area contributed by atoms with E-state index in [0.717, 1.165) is 6.07 Å². The van der Waals surface area contributed by atoms with E-state index in [0.29, 0.717) is 0 Å². The molecule has 0 atom stereocenters. The molecule has 11 heteroatoms. The van der Waals surface area contributed by atoms with Crippen molar-refractivity contribution in [2.45, 2.75) is 18.9 Å². The van der Waals surface area contributed by atoms with Crippen molar-refractivity contribution in [3.8, 4) is 0 Å². The number of hydrogen-bond acceptors (Lipinski definition) is 4. The van der Waals surface area contributed by atoms with Gasteiger partial charge >= 0.3 is 15.5 Å². The molecule has 0 radical (unpaired) electrons. The van der Waals surface area contributed by atoms with Crippen molar-refractivity contribution in [2.24, 2.45) is 5.16 Å². The number of nitrogens with zero attached hydrogens (tertiary/aromatic N) is 1.